The maximum atomic E-state index is 11.2. The molecule has 1 N–H and O–H groups in total. The Morgan fingerprint density at radius 1 is 1.16 bits per heavy atom. The Balaban J connectivity index is 2.82. The van der Waals surface area contributed by atoms with Crippen molar-refractivity contribution >= 4 is 24.3 Å². The molecule has 0 radical (unpaired) electrons. The van der Waals surface area contributed by atoms with Crippen molar-refractivity contribution in [1.82, 2.24) is 0 Å². The topological polar surface area (TPSA) is 80.4 Å². The molecule has 0 aliphatic rings. The van der Waals surface area contributed by atoms with Crippen LogP contribution in [0.2, 0.25) is 0 Å². The van der Waals surface area contributed by atoms with Crippen molar-refractivity contribution in [3.8, 4) is 11.1 Å². The third-order valence-electron chi connectivity index (χ3n) is 2.63. The molecule has 0 unspecified atom stereocenters. The highest BCUT2D eigenvalue weighted by atomic mass is 32.1. The number of nitrogens with zero attached hydrogens (tertiary/aromatic N) is 1. The van der Waals surface area contributed by atoms with Gasteiger partial charge in [-0.3, -0.25) is 10.1 Å². The highest BCUT2D eigenvalue weighted by molar-refractivity contribution is 7.80. The Labute approximate surface area is 114 Å². The summed E-state index contributed by atoms with van der Waals surface area (Å²) in [6.45, 7) is 0. The number of carboxylic acids is 1. The molecular weight excluding hydrogens is 266 g/mol. The monoisotopic (exact) mass is 275 g/mol. The summed E-state index contributed by atoms with van der Waals surface area (Å²) < 4.78 is 0. The van der Waals surface area contributed by atoms with Gasteiger partial charge in [0.05, 0.1) is 10.5 Å². The lowest BCUT2D eigenvalue weighted by Gasteiger charge is -2.08. The summed E-state index contributed by atoms with van der Waals surface area (Å²) in [5.41, 5.74) is -0.0102. The molecule has 19 heavy (non-hydrogen) atoms. The molecule has 0 saturated carbocycles. The van der Waals surface area contributed by atoms with Crippen LogP contribution in [0.25, 0.3) is 11.1 Å². The first-order chi connectivity index (χ1) is 9.02. The molecule has 0 heterocycles. The first-order valence-corrected chi connectivity index (χ1v) is 5.76. The molecule has 0 aliphatic carbocycles. The Bertz CT molecular complexity index is 655. The molecule has 2 aromatic carbocycles. The lowest BCUT2D eigenvalue weighted by molar-refractivity contribution is -0.384. The number of carboxylic acid groups (broad SMARTS) is 1. The van der Waals surface area contributed by atoms with Gasteiger partial charge in [0.2, 0.25) is 0 Å². The van der Waals surface area contributed by atoms with Gasteiger partial charge in [0.25, 0.3) is 5.69 Å². The number of hydrogen-bond acceptors (Lipinski definition) is 4. The Morgan fingerprint density at radius 2 is 1.79 bits per heavy atom. The van der Waals surface area contributed by atoms with Crippen molar-refractivity contribution in [1.29, 1.82) is 0 Å². The van der Waals surface area contributed by atoms with Crippen LogP contribution in [-0.2, 0) is 0 Å². The maximum absolute atomic E-state index is 11.2. The zero-order valence-electron chi connectivity index (χ0n) is 9.61. The Hall–Kier alpha value is -2.34. The van der Waals surface area contributed by atoms with E-state index in [9.17, 15) is 14.9 Å². The number of thiol groups is 1. The van der Waals surface area contributed by atoms with Crippen LogP contribution >= 0.6 is 12.6 Å². The summed E-state index contributed by atoms with van der Waals surface area (Å²) in [4.78, 5) is 21.9. The summed E-state index contributed by atoms with van der Waals surface area (Å²) in [5.74, 6) is -1.34. The van der Waals surface area contributed by atoms with Crippen molar-refractivity contribution in [3.05, 3.63) is 58.1 Å². The number of benzene rings is 2. The van der Waals surface area contributed by atoms with E-state index in [1.807, 2.05) is 0 Å². The van der Waals surface area contributed by atoms with Gasteiger partial charge in [0, 0.05) is 4.90 Å². The minimum atomic E-state index is -1.34. The van der Waals surface area contributed by atoms with E-state index in [0.29, 0.717) is 10.5 Å². The fraction of sp³-hybridized carbons (Fsp3) is 0. The van der Waals surface area contributed by atoms with E-state index in [0.717, 1.165) is 0 Å². The van der Waals surface area contributed by atoms with E-state index in [1.165, 1.54) is 12.1 Å². The molecular formula is C13H9NO4S. The van der Waals surface area contributed by atoms with E-state index in [2.05, 4.69) is 12.6 Å². The van der Waals surface area contributed by atoms with Crippen LogP contribution in [0.3, 0.4) is 0 Å². The molecule has 2 rings (SSSR count). The van der Waals surface area contributed by atoms with Gasteiger partial charge in [-0.2, -0.15) is 0 Å². The van der Waals surface area contributed by atoms with E-state index >= 15 is 0 Å². The number of nitro benzene ring substituents is 1. The lowest BCUT2D eigenvalue weighted by Crippen LogP contribution is -2.04. The smallest absolute Gasteiger partial charge is 0.342 e. The van der Waals surface area contributed by atoms with E-state index in [4.69, 9.17) is 5.11 Å². The lowest BCUT2D eigenvalue weighted by atomic mass is 10.00. The van der Waals surface area contributed by atoms with Gasteiger partial charge in [-0.15, -0.1) is 12.6 Å². The molecule has 0 aliphatic heterocycles. The second kappa shape index (κ2) is 5.11. The van der Waals surface area contributed by atoms with Crippen LogP contribution in [0.1, 0.15) is 10.4 Å². The molecule has 0 atom stereocenters. The van der Waals surface area contributed by atoms with Crippen LogP contribution in [0.15, 0.2) is 47.4 Å². The van der Waals surface area contributed by atoms with Gasteiger partial charge >= 0.3 is 5.97 Å². The third kappa shape index (κ3) is 2.43. The number of aromatic carboxylic acids is 1. The fourth-order valence-corrected chi connectivity index (χ4v) is 2.14. The molecule has 0 amide bonds. The predicted octanol–water partition coefficient (Wildman–Crippen LogP) is 3.25. The molecule has 96 valence electrons. The summed E-state index contributed by atoms with van der Waals surface area (Å²) in [5, 5.41) is 20.2. The van der Waals surface area contributed by atoms with Gasteiger partial charge in [-0.05, 0) is 17.7 Å². The van der Waals surface area contributed by atoms with Crippen LogP contribution in [0.4, 0.5) is 5.69 Å². The van der Waals surface area contributed by atoms with E-state index in [1.54, 1.807) is 30.3 Å². The van der Waals surface area contributed by atoms with Crippen LogP contribution in [-0.4, -0.2) is 16.0 Å². The van der Waals surface area contributed by atoms with Crippen LogP contribution < -0.4 is 0 Å². The minimum Gasteiger partial charge on any atom is -0.477 e. The second-order valence-electron chi connectivity index (χ2n) is 3.78. The van der Waals surface area contributed by atoms with Crippen molar-refractivity contribution in [2.45, 2.75) is 4.90 Å². The number of nitro groups is 1. The molecule has 5 nitrogen and oxygen atoms in total. The van der Waals surface area contributed by atoms with E-state index < -0.39 is 16.6 Å². The van der Waals surface area contributed by atoms with Gasteiger partial charge < -0.3 is 5.11 Å². The summed E-state index contributed by atoms with van der Waals surface area (Å²) in [7, 11) is 0. The minimum absolute atomic E-state index is 0.217. The molecule has 2 aromatic rings. The Kier molecular flexibility index (Phi) is 3.52. The number of carbonyl (C=O) groups is 1. The zero-order chi connectivity index (χ0) is 14.0. The van der Waals surface area contributed by atoms with Crippen LogP contribution in [0.5, 0.6) is 0 Å². The Morgan fingerprint density at radius 3 is 2.32 bits per heavy atom. The average Bonchev–Trinajstić information content (AvgIpc) is 2.38. The molecule has 6 heteroatoms. The standard InChI is InChI=1S/C13H9NO4S/c15-13(16)9-6-7-10(19)11(12(9)14(17)18)8-4-2-1-3-5-8/h1-7,19H,(H,15,16). The highest BCUT2D eigenvalue weighted by Crippen LogP contribution is 2.37. The summed E-state index contributed by atoms with van der Waals surface area (Å²) in [6, 6.07) is 11.2. The summed E-state index contributed by atoms with van der Waals surface area (Å²) >= 11 is 4.19. The average molecular weight is 275 g/mol. The number of rotatable bonds is 3. The van der Waals surface area contributed by atoms with E-state index in [-0.39, 0.29) is 11.1 Å². The van der Waals surface area contributed by atoms with Crippen molar-refractivity contribution < 1.29 is 14.8 Å². The first kappa shape index (κ1) is 13.1. The molecule has 0 bridgehead atoms. The van der Waals surface area contributed by atoms with Gasteiger partial charge in [-0.25, -0.2) is 4.79 Å². The quantitative estimate of drug-likeness (QED) is 0.512. The van der Waals surface area contributed by atoms with Crippen molar-refractivity contribution in [2.75, 3.05) is 0 Å². The van der Waals surface area contributed by atoms with Crippen molar-refractivity contribution in [2.24, 2.45) is 0 Å². The number of hydrogen-bond donors (Lipinski definition) is 2. The van der Waals surface area contributed by atoms with Gasteiger partial charge in [0.15, 0.2) is 0 Å². The highest BCUT2D eigenvalue weighted by Gasteiger charge is 2.26. The van der Waals surface area contributed by atoms with Gasteiger partial charge in [0.1, 0.15) is 5.56 Å². The molecule has 0 spiro atoms. The van der Waals surface area contributed by atoms with Crippen molar-refractivity contribution in [3.63, 3.8) is 0 Å². The molecule has 0 saturated heterocycles. The fourth-order valence-electron chi connectivity index (χ4n) is 1.83. The molecule has 0 fully saturated rings. The first-order valence-electron chi connectivity index (χ1n) is 5.31. The second-order valence-corrected chi connectivity index (χ2v) is 4.27. The third-order valence-corrected chi connectivity index (χ3v) is 3.00. The molecule has 0 aromatic heterocycles. The SMILES string of the molecule is O=C(O)c1ccc(S)c(-c2ccccc2)c1[N+](=O)[O-]. The normalized spacial score (nSPS) is 10.2. The zero-order valence-corrected chi connectivity index (χ0v) is 10.5. The summed E-state index contributed by atoms with van der Waals surface area (Å²) in [6.07, 6.45) is 0. The van der Waals surface area contributed by atoms with Gasteiger partial charge in [-0.1, -0.05) is 30.3 Å². The maximum Gasteiger partial charge on any atom is 0.342 e. The largest absolute Gasteiger partial charge is 0.477 e. The predicted molar refractivity (Wildman–Crippen MR) is 72.7 cm³/mol. The van der Waals surface area contributed by atoms with Crippen LogP contribution in [0, 0.1) is 10.1 Å².